The first-order valence-electron chi connectivity index (χ1n) is 7.07. The van der Waals surface area contributed by atoms with E-state index in [1.807, 2.05) is 19.1 Å². The Morgan fingerprint density at radius 2 is 2.11 bits per heavy atom. The molecule has 0 aromatic carbocycles. The SMILES string of the molecule is Cc1ccc2nc(N)n(C3CCCC(C)(C)C3)c2n1. The number of nitrogens with zero attached hydrogens (tertiary/aromatic N) is 3. The van der Waals surface area contributed by atoms with Gasteiger partial charge in [-0.15, -0.1) is 0 Å². The zero-order valence-corrected chi connectivity index (χ0v) is 12.0. The van der Waals surface area contributed by atoms with Gasteiger partial charge >= 0.3 is 0 Å². The van der Waals surface area contributed by atoms with Crippen LogP contribution in [0, 0.1) is 12.3 Å². The molecule has 0 bridgehead atoms. The van der Waals surface area contributed by atoms with E-state index in [1.165, 1.54) is 19.3 Å². The van der Waals surface area contributed by atoms with Crippen molar-refractivity contribution in [3.63, 3.8) is 0 Å². The van der Waals surface area contributed by atoms with Gasteiger partial charge in [-0.3, -0.25) is 4.57 Å². The molecule has 4 nitrogen and oxygen atoms in total. The van der Waals surface area contributed by atoms with E-state index >= 15 is 0 Å². The molecule has 2 N–H and O–H groups in total. The summed E-state index contributed by atoms with van der Waals surface area (Å²) in [6.45, 7) is 6.69. The Hall–Kier alpha value is -1.58. The number of rotatable bonds is 1. The van der Waals surface area contributed by atoms with E-state index < -0.39 is 0 Å². The van der Waals surface area contributed by atoms with E-state index in [1.54, 1.807) is 0 Å². The molecule has 1 aliphatic rings. The molecule has 2 aromatic heterocycles. The van der Waals surface area contributed by atoms with Gasteiger partial charge < -0.3 is 5.73 Å². The topological polar surface area (TPSA) is 56.7 Å². The van der Waals surface area contributed by atoms with Gasteiger partial charge in [-0.25, -0.2) is 9.97 Å². The van der Waals surface area contributed by atoms with Crippen molar-refractivity contribution in [3.05, 3.63) is 17.8 Å². The highest BCUT2D eigenvalue weighted by atomic mass is 15.2. The maximum absolute atomic E-state index is 6.13. The Kier molecular flexibility index (Phi) is 2.77. The predicted molar refractivity (Wildman–Crippen MR) is 78.0 cm³/mol. The third-order valence-electron chi connectivity index (χ3n) is 4.25. The molecule has 4 heteroatoms. The van der Waals surface area contributed by atoms with E-state index in [4.69, 9.17) is 5.73 Å². The van der Waals surface area contributed by atoms with Gasteiger partial charge in [0.1, 0.15) is 5.52 Å². The van der Waals surface area contributed by atoms with Crippen molar-refractivity contribution in [2.24, 2.45) is 5.41 Å². The monoisotopic (exact) mass is 258 g/mol. The van der Waals surface area contributed by atoms with Gasteiger partial charge in [0.05, 0.1) is 0 Å². The zero-order valence-electron chi connectivity index (χ0n) is 12.0. The fourth-order valence-corrected chi connectivity index (χ4v) is 3.32. The molecule has 3 rings (SSSR count). The van der Waals surface area contributed by atoms with Crippen molar-refractivity contribution >= 4 is 17.1 Å². The summed E-state index contributed by atoms with van der Waals surface area (Å²) >= 11 is 0. The quantitative estimate of drug-likeness (QED) is 0.852. The lowest BCUT2D eigenvalue weighted by Crippen LogP contribution is -2.25. The van der Waals surface area contributed by atoms with Gasteiger partial charge in [-0.05, 0) is 43.7 Å². The minimum atomic E-state index is 0.385. The van der Waals surface area contributed by atoms with Crippen molar-refractivity contribution in [2.75, 3.05) is 5.73 Å². The second kappa shape index (κ2) is 4.22. The van der Waals surface area contributed by atoms with Crippen LogP contribution in [0.1, 0.15) is 51.3 Å². The van der Waals surface area contributed by atoms with Gasteiger partial charge in [0.15, 0.2) is 5.65 Å². The van der Waals surface area contributed by atoms with E-state index in [2.05, 4.69) is 28.4 Å². The maximum atomic E-state index is 6.13. The van der Waals surface area contributed by atoms with Crippen molar-refractivity contribution in [3.8, 4) is 0 Å². The number of pyridine rings is 1. The van der Waals surface area contributed by atoms with Crippen LogP contribution in [-0.2, 0) is 0 Å². The second-order valence-electron chi connectivity index (χ2n) is 6.55. The largest absolute Gasteiger partial charge is 0.369 e. The third-order valence-corrected chi connectivity index (χ3v) is 4.25. The number of fused-ring (bicyclic) bond motifs is 1. The van der Waals surface area contributed by atoms with Gasteiger partial charge in [0.2, 0.25) is 5.95 Å². The minimum absolute atomic E-state index is 0.385. The van der Waals surface area contributed by atoms with Crippen LogP contribution in [0.3, 0.4) is 0 Å². The summed E-state index contributed by atoms with van der Waals surface area (Å²) in [6.07, 6.45) is 4.87. The minimum Gasteiger partial charge on any atom is -0.369 e. The van der Waals surface area contributed by atoms with Crippen LogP contribution < -0.4 is 5.73 Å². The number of nitrogen functional groups attached to an aromatic ring is 1. The molecule has 19 heavy (non-hydrogen) atoms. The average molecular weight is 258 g/mol. The summed E-state index contributed by atoms with van der Waals surface area (Å²) in [5.41, 5.74) is 9.39. The molecule has 0 amide bonds. The Labute approximate surface area is 114 Å². The van der Waals surface area contributed by atoms with Crippen LogP contribution in [0.25, 0.3) is 11.2 Å². The number of aromatic nitrogens is 3. The van der Waals surface area contributed by atoms with Gasteiger partial charge in [-0.2, -0.15) is 0 Å². The maximum Gasteiger partial charge on any atom is 0.202 e. The normalized spacial score (nSPS) is 22.8. The van der Waals surface area contributed by atoms with E-state index in [0.29, 0.717) is 17.4 Å². The molecule has 1 saturated carbocycles. The molecule has 0 spiro atoms. The lowest BCUT2D eigenvalue weighted by Gasteiger charge is -2.36. The highest BCUT2D eigenvalue weighted by Crippen LogP contribution is 2.42. The lowest BCUT2D eigenvalue weighted by atomic mass is 9.75. The lowest BCUT2D eigenvalue weighted by molar-refractivity contribution is 0.186. The molecule has 0 aliphatic heterocycles. The molecule has 2 aromatic rings. The molecule has 102 valence electrons. The first-order valence-corrected chi connectivity index (χ1v) is 7.07. The van der Waals surface area contributed by atoms with Crippen molar-refractivity contribution in [1.82, 2.24) is 14.5 Å². The van der Waals surface area contributed by atoms with Gasteiger partial charge in [-0.1, -0.05) is 20.3 Å². The van der Waals surface area contributed by atoms with Gasteiger partial charge in [0, 0.05) is 11.7 Å². The van der Waals surface area contributed by atoms with E-state index in [9.17, 15) is 0 Å². The predicted octanol–water partition coefficient (Wildman–Crippen LogP) is 3.46. The summed E-state index contributed by atoms with van der Waals surface area (Å²) in [6, 6.07) is 4.44. The van der Waals surface area contributed by atoms with Crippen LogP contribution in [0.4, 0.5) is 5.95 Å². The van der Waals surface area contributed by atoms with Crippen molar-refractivity contribution < 1.29 is 0 Å². The summed E-state index contributed by atoms with van der Waals surface area (Å²) < 4.78 is 2.16. The van der Waals surface area contributed by atoms with E-state index in [-0.39, 0.29) is 0 Å². The molecule has 0 saturated heterocycles. The van der Waals surface area contributed by atoms with Crippen LogP contribution in [0.5, 0.6) is 0 Å². The number of nitrogens with two attached hydrogens (primary N) is 1. The summed E-state index contributed by atoms with van der Waals surface area (Å²) in [4.78, 5) is 9.10. The van der Waals surface area contributed by atoms with Crippen LogP contribution >= 0.6 is 0 Å². The number of anilines is 1. The number of imidazole rings is 1. The molecule has 1 aliphatic carbocycles. The van der Waals surface area contributed by atoms with Crippen LogP contribution in [-0.4, -0.2) is 14.5 Å². The molecule has 2 heterocycles. The Morgan fingerprint density at radius 3 is 2.84 bits per heavy atom. The fourth-order valence-electron chi connectivity index (χ4n) is 3.32. The van der Waals surface area contributed by atoms with Crippen molar-refractivity contribution in [2.45, 2.75) is 52.5 Å². The Morgan fingerprint density at radius 1 is 1.32 bits per heavy atom. The average Bonchev–Trinajstić information content (AvgIpc) is 2.63. The summed E-state index contributed by atoms with van der Waals surface area (Å²) in [5, 5.41) is 0. The highest BCUT2D eigenvalue weighted by Gasteiger charge is 2.31. The number of aryl methyl sites for hydroxylation is 1. The van der Waals surface area contributed by atoms with Gasteiger partial charge in [0.25, 0.3) is 0 Å². The molecule has 0 radical (unpaired) electrons. The highest BCUT2D eigenvalue weighted by molar-refractivity contribution is 5.74. The van der Waals surface area contributed by atoms with Crippen LogP contribution in [0.2, 0.25) is 0 Å². The van der Waals surface area contributed by atoms with E-state index in [0.717, 1.165) is 23.3 Å². The summed E-state index contributed by atoms with van der Waals surface area (Å²) in [7, 11) is 0. The molecule has 1 unspecified atom stereocenters. The number of hydrogen-bond acceptors (Lipinski definition) is 3. The first kappa shape index (κ1) is 12.5. The molecule has 1 fully saturated rings. The second-order valence-corrected chi connectivity index (χ2v) is 6.55. The van der Waals surface area contributed by atoms with Crippen molar-refractivity contribution in [1.29, 1.82) is 0 Å². The Balaban J connectivity index is 2.08. The first-order chi connectivity index (χ1) is 8.96. The standard InChI is InChI=1S/C15H22N4/c1-10-6-7-12-13(17-10)19(14(16)18-12)11-5-4-8-15(2,3)9-11/h6-7,11H,4-5,8-9H2,1-3H3,(H2,16,18). The molecular weight excluding hydrogens is 236 g/mol. The fraction of sp³-hybridized carbons (Fsp3) is 0.600. The summed E-state index contributed by atoms with van der Waals surface area (Å²) in [5.74, 6) is 0.607. The number of hydrogen-bond donors (Lipinski definition) is 1. The smallest absolute Gasteiger partial charge is 0.202 e. The molecular formula is C15H22N4. The molecule has 1 atom stereocenters. The zero-order chi connectivity index (χ0) is 13.6. The van der Waals surface area contributed by atoms with Crippen LogP contribution in [0.15, 0.2) is 12.1 Å². The third kappa shape index (κ3) is 2.20. The Bertz CT molecular complexity index is 612.